The molecule has 1 N–H and O–H groups in total. The van der Waals surface area contributed by atoms with Crippen LogP contribution in [0.2, 0.25) is 0 Å². The monoisotopic (exact) mass is 322 g/mol. The van der Waals surface area contributed by atoms with Crippen molar-refractivity contribution in [2.45, 2.75) is 45.2 Å². The van der Waals surface area contributed by atoms with Gasteiger partial charge >= 0.3 is 6.03 Å². The summed E-state index contributed by atoms with van der Waals surface area (Å²) >= 11 is 0. The van der Waals surface area contributed by atoms with E-state index < -0.39 is 0 Å². The van der Waals surface area contributed by atoms with Gasteiger partial charge in [-0.15, -0.1) is 0 Å². The third kappa shape index (κ3) is 4.16. The molecule has 3 nitrogen and oxygen atoms in total. The van der Waals surface area contributed by atoms with Crippen LogP contribution in [0.3, 0.4) is 0 Å². The van der Waals surface area contributed by atoms with E-state index in [1.165, 1.54) is 24.0 Å². The summed E-state index contributed by atoms with van der Waals surface area (Å²) in [5.41, 5.74) is 3.64. The minimum Gasteiger partial charge on any atom is -0.334 e. The maximum Gasteiger partial charge on any atom is 0.318 e. The van der Waals surface area contributed by atoms with E-state index in [2.05, 4.69) is 36.5 Å². The van der Waals surface area contributed by atoms with Gasteiger partial charge in [-0.1, -0.05) is 73.0 Å². The van der Waals surface area contributed by atoms with Gasteiger partial charge in [0.1, 0.15) is 0 Å². The molecule has 1 atom stereocenters. The first-order valence-electron chi connectivity index (χ1n) is 8.89. The molecule has 126 valence electrons. The van der Waals surface area contributed by atoms with Crippen molar-refractivity contribution in [2.24, 2.45) is 0 Å². The van der Waals surface area contributed by atoms with Gasteiger partial charge < -0.3 is 10.2 Å². The van der Waals surface area contributed by atoms with Crippen molar-refractivity contribution in [2.75, 3.05) is 6.54 Å². The molecule has 0 spiro atoms. The van der Waals surface area contributed by atoms with Crippen LogP contribution in [-0.4, -0.2) is 17.5 Å². The minimum absolute atomic E-state index is 0.0475. The van der Waals surface area contributed by atoms with Gasteiger partial charge in [0.05, 0.1) is 6.04 Å². The van der Waals surface area contributed by atoms with Gasteiger partial charge in [0, 0.05) is 13.1 Å². The van der Waals surface area contributed by atoms with E-state index in [0.717, 1.165) is 24.9 Å². The molecule has 2 aromatic rings. The number of hydrogen-bond donors (Lipinski definition) is 1. The average molecular weight is 322 g/mol. The second-order valence-electron chi connectivity index (χ2n) is 6.61. The SMILES string of the molecule is Cc1ccc([C@@H]2CCCCCN2C(=O)NCc2ccccc2)cc1. The van der Waals surface area contributed by atoms with Crippen LogP contribution in [0.4, 0.5) is 4.79 Å². The molecule has 1 fully saturated rings. The number of likely N-dealkylation sites (tertiary alicyclic amines) is 1. The Morgan fingerprint density at radius 1 is 1.04 bits per heavy atom. The van der Waals surface area contributed by atoms with Gasteiger partial charge in [-0.2, -0.15) is 0 Å². The number of amides is 2. The molecule has 0 radical (unpaired) electrons. The summed E-state index contributed by atoms with van der Waals surface area (Å²) in [6, 6.07) is 18.9. The smallest absolute Gasteiger partial charge is 0.318 e. The molecular weight excluding hydrogens is 296 g/mol. The summed E-state index contributed by atoms with van der Waals surface area (Å²) in [5, 5.41) is 3.09. The summed E-state index contributed by atoms with van der Waals surface area (Å²) in [4.78, 5) is 14.8. The highest BCUT2D eigenvalue weighted by atomic mass is 16.2. The Balaban J connectivity index is 1.71. The molecule has 3 heteroatoms. The molecule has 24 heavy (non-hydrogen) atoms. The fourth-order valence-electron chi connectivity index (χ4n) is 3.36. The first kappa shape index (κ1) is 16.6. The van der Waals surface area contributed by atoms with E-state index in [1.807, 2.05) is 35.2 Å². The molecule has 1 aliphatic rings. The molecule has 3 rings (SSSR count). The molecule has 1 aliphatic heterocycles. The molecule has 0 bridgehead atoms. The van der Waals surface area contributed by atoms with Gasteiger partial charge in [0.15, 0.2) is 0 Å². The van der Waals surface area contributed by atoms with Crippen LogP contribution in [0.1, 0.15) is 48.4 Å². The van der Waals surface area contributed by atoms with Gasteiger partial charge in [-0.3, -0.25) is 0 Å². The normalized spacial score (nSPS) is 18.0. The Labute approximate surface area is 144 Å². The maximum atomic E-state index is 12.8. The molecule has 0 unspecified atom stereocenters. The number of rotatable bonds is 3. The van der Waals surface area contributed by atoms with E-state index in [0.29, 0.717) is 6.54 Å². The van der Waals surface area contributed by atoms with Gasteiger partial charge in [0.25, 0.3) is 0 Å². The summed E-state index contributed by atoms with van der Waals surface area (Å²) in [5.74, 6) is 0. The fourth-order valence-corrected chi connectivity index (χ4v) is 3.36. The van der Waals surface area contributed by atoms with Crippen molar-refractivity contribution in [3.63, 3.8) is 0 Å². The predicted octanol–water partition coefficient (Wildman–Crippen LogP) is 4.82. The summed E-state index contributed by atoms with van der Waals surface area (Å²) in [6.07, 6.45) is 4.51. The standard InChI is InChI=1S/C21H26N2O/c1-17-11-13-19(14-12-17)20-10-6-3-7-15-23(20)21(24)22-16-18-8-4-2-5-9-18/h2,4-5,8-9,11-14,20H,3,6-7,10,15-16H2,1H3,(H,22,24)/t20-/m0/s1. The lowest BCUT2D eigenvalue weighted by atomic mass is 10.00. The van der Waals surface area contributed by atoms with Crippen LogP contribution < -0.4 is 5.32 Å². The first-order valence-corrected chi connectivity index (χ1v) is 8.89. The zero-order chi connectivity index (χ0) is 16.8. The number of benzene rings is 2. The molecule has 1 heterocycles. The molecular formula is C21H26N2O. The highest BCUT2D eigenvalue weighted by molar-refractivity contribution is 5.74. The largest absolute Gasteiger partial charge is 0.334 e. The first-order chi connectivity index (χ1) is 11.7. The zero-order valence-corrected chi connectivity index (χ0v) is 14.4. The minimum atomic E-state index is 0.0475. The molecule has 2 amide bonds. The van der Waals surface area contributed by atoms with Crippen LogP contribution in [0.5, 0.6) is 0 Å². The van der Waals surface area contributed by atoms with Crippen molar-refractivity contribution < 1.29 is 4.79 Å². The molecule has 2 aromatic carbocycles. The number of urea groups is 1. The van der Waals surface area contributed by atoms with Crippen molar-refractivity contribution in [1.29, 1.82) is 0 Å². The number of nitrogens with one attached hydrogen (secondary N) is 1. The van der Waals surface area contributed by atoms with E-state index in [1.54, 1.807) is 0 Å². The van der Waals surface area contributed by atoms with Crippen LogP contribution in [0.25, 0.3) is 0 Å². The van der Waals surface area contributed by atoms with Gasteiger partial charge in [-0.25, -0.2) is 4.79 Å². The Hall–Kier alpha value is -2.29. The third-order valence-corrected chi connectivity index (χ3v) is 4.76. The summed E-state index contributed by atoms with van der Waals surface area (Å²) in [7, 11) is 0. The van der Waals surface area contributed by atoms with E-state index >= 15 is 0 Å². The van der Waals surface area contributed by atoms with E-state index in [-0.39, 0.29) is 12.1 Å². The molecule has 0 aliphatic carbocycles. The fraction of sp³-hybridized carbons (Fsp3) is 0.381. The Bertz CT molecular complexity index is 651. The number of hydrogen-bond acceptors (Lipinski definition) is 1. The summed E-state index contributed by atoms with van der Waals surface area (Å²) in [6.45, 7) is 3.51. The van der Waals surface area contributed by atoms with Gasteiger partial charge in [0.2, 0.25) is 0 Å². The van der Waals surface area contributed by atoms with Crippen LogP contribution in [-0.2, 0) is 6.54 Å². The summed E-state index contributed by atoms with van der Waals surface area (Å²) < 4.78 is 0. The van der Waals surface area contributed by atoms with E-state index in [9.17, 15) is 4.79 Å². The number of carbonyl (C=O) groups excluding carboxylic acids is 1. The van der Waals surface area contributed by atoms with Crippen molar-refractivity contribution in [3.8, 4) is 0 Å². The highest BCUT2D eigenvalue weighted by Gasteiger charge is 2.26. The highest BCUT2D eigenvalue weighted by Crippen LogP contribution is 2.30. The van der Waals surface area contributed by atoms with Crippen LogP contribution in [0.15, 0.2) is 54.6 Å². The Kier molecular flexibility index (Phi) is 5.52. The van der Waals surface area contributed by atoms with Crippen molar-refractivity contribution in [1.82, 2.24) is 10.2 Å². The molecule has 0 aromatic heterocycles. The Morgan fingerprint density at radius 3 is 2.54 bits per heavy atom. The Morgan fingerprint density at radius 2 is 1.79 bits per heavy atom. The van der Waals surface area contributed by atoms with E-state index in [4.69, 9.17) is 0 Å². The zero-order valence-electron chi connectivity index (χ0n) is 14.4. The second-order valence-corrected chi connectivity index (χ2v) is 6.61. The van der Waals surface area contributed by atoms with Crippen LogP contribution >= 0.6 is 0 Å². The quantitative estimate of drug-likeness (QED) is 0.863. The lowest BCUT2D eigenvalue weighted by Crippen LogP contribution is -2.41. The third-order valence-electron chi connectivity index (χ3n) is 4.76. The lowest BCUT2D eigenvalue weighted by molar-refractivity contribution is 0.175. The average Bonchev–Trinajstić information content (AvgIpc) is 2.87. The van der Waals surface area contributed by atoms with Crippen LogP contribution in [0, 0.1) is 6.92 Å². The number of carbonyl (C=O) groups is 1. The number of nitrogens with zero attached hydrogens (tertiary/aromatic N) is 1. The molecule has 1 saturated heterocycles. The van der Waals surface area contributed by atoms with Gasteiger partial charge in [-0.05, 0) is 30.9 Å². The number of aryl methyl sites for hydroxylation is 1. The topological polar surface area (TPSA) is 32.3 Å². The lowest BCUT2D eigenvalue weighted by Gasteiger charge is -2.30. The second kappa shape index (κ2) is 8.00. The van der Waals surface area contributed by atoms with Crippen molar-refractivity contribution in [3.05, 3.63) is 71.3 Å². The molecule has 0 saturated carbocycles. The maximum absolute atomic E-state index is 12.8. The van der Waals surface area contributed by atoms with Crippen molar-refractivity contribution >= 4 is 6.03 Å². The predicted molar refractivity (Wildman–Crippen MR) is 97.8 cm³/mol.